The molecule has 0 bridgehead atoms. The van der Waals surface area contributed by atoms with Crippen LogP contribution in [0.25, 0.3) is 10.9 Å². The Hall–Kier alpha value is -2.86. The van der Waals surface area contributed by atoms with Crippen LogP contribution in [-0.2, 0) is 11.3 Å². The summed E-state index contributed by atoms with van der Waals surface area (Å²) in [7, 11) is 1.39. The molecule has 0 saturated carbocycles. The Kier molecular flexibility index (Phi) is 5.58. The van der Waals surface area contributed by atoms with E-state index in [2.05, 4.69) is 4.90 Å². The van der Waals surface area contributed by atoms with Crippen LogP contribution in [0.4, 0.5) is 0 Å². The maximum Gasteiger partial charge on any atom is 0.337 e. The van der Waals surface area contributed by atoms with Crippen LogP contribution in [0.2, 0.25) is 0 Å². The molecule has 1 fully saturated rings. The van der Waals surface area contributed by atoms with E-state index in [1.54, 1.807) is 6.07 Å². The number of carbonyl (C=O) groups excluding carboxylic acids is 1. The molecule has 0 amide bonds. The molecule has 146 valence electrons. The summed E-state index contributed by atoms with van der Waals surface area (Å²) >= 11 is 0. The fourth-order valence-electron chi connectivity index (χ4n) is 3.69. The van der Waals surface area contributed by atoms with Crippen LogP contribution >= 0.6 is 0 Å². The second-order valence-corrected chi connectivity index (χ2v) is 7.07. The van der Waals surface area contributed by atoms with Gasteiger partial charge in [-0.05, 0) is 55.8 Å². The minimum Gasteiger partial charge on any atom is -0.475 e. The van der Waals surface area contributed by atoms with Crippen LogP contribution < -0.4 is 4.74 Å². The lowest BCUT2D eigenvalue weighted by atomic mass is 10.1. The summed E-state index contributed by atoms with van der Waals surface area (Å²) in [6.07, 6.45) is 2.56. The summed E-state index contributed by atoms with van der Waals surface area (Å²) in [5, 5.41) is 5.71. The van der Waals surface area contributed by atoms with Crippen molar-refractivity contribution in [2.75, 3.05) is 33.4 Å². The summed E-state index contributed by atoms with van der Waals surface area (Å²) in [5.41, 5.74) is 2.54. The summed E-state index contributed by atoms with van der Waals surface area (Å²) < 4.78 is 12.8. The van der Waals surface area contributed by atoms with Crippen LogP contribution in [-0.4, -0.2) is 54.0 Å². The van der Waals surface area contributed by atoms with E-state index in [1.165, 1.54) is 20.0 Å². The average Bonchev–Trinajstić information content (AvgIpc) is 3.37. The number of likely N-dealkylation sites (tertiary alicyclic amines) is 1. The van der Waals surface area contributed by atoms with Crippen molar-refractivity contribution in [3.8, 4) is 5.88 Å². The van der Waals surface area contributed by atoms with Gasteiger partial charge in [-0.1, -0.05) is 24.3 Å². The lowest BCUT2D eigenvalue weighted by Crippen LogP contribution is -2.25. The third-order valence-electron chi connectivity index (χ3n) is 5.15. The van der Waals surface area contributed by atoms with Gasteiger partial charge < -0.3 is 9.47 Å². The zero-order chi connectivity index (χ0) is 19.3. The molecule has 1 aliphatic rings. The van der Waals surface area contributed by atoms with E-state index in [0.717, 1.165) is 36.1 Å². The number of fused-ring (bicyclic) bond motifs is 1. The summed E-state index contributed by atoms with van der Waals surface area (Å²) in [4.78, 5) is 14.2. The van der Waals surface area contributed by atoms with Gasteiger partial charge in [0.15, 0.2) is 0 Å². The van der Waals surface area contributed by atoms with Gasteiger partial charge >= 0.3 is 5.97 Å². The Bertz CT molecular complexity index is 961. The number of para-hydroxylation sites is 1. The van der Waals surface area contributed by atoms with Gasteiger partial charge in [0.1, 0.15) is 6.61 Å². The third-order valence-corrected chi connectivity index (χ3v) is 5.15. The second kappa shape index (κ2) is 8.44. The largest absolute Gasteiger partial charge is 0.475 e. The summed E-state index contributed by atoms with van der Waals surface area (Å²) in [6.45, 7) is 4.45. The van der Waals surface area contributed by atoms with Crippen molar-refractivity contribution in [3.63, 3.8) is 0 Å². The first kappa shape index (κ1) is 18.5. The lowest BCUT2D eigenvalue weighted by molar-refractivity contribution is 0.0600. The maximum absolute atomic E-state index is 11.8. The predicted molar refractivity (Wildman–Crippen MR) is 108 cm³/mol. The number of hydrogen-bond acceptors (Lipinski definition) is 5. The number of aromatic nitrogens is 2. The fraction of sp³-hybridized carbons (Fsp3) is 0.364. The SMILES string of the molecule is COC(=O)c1cccc(Cn2nc(OCCN3CCCC3)c3ccccc32)c1. The lowest BCUT2D eigenvalue weighted by Gasteiger charge is -2.13. The van der Waals surface area contributed by atoms with Gasteiger partial charge in [-0.2, -0.15) is 0 Å². The molecule has 1 saturated heterocycles. The van der Waals surface area contributed by atoms with Crippen molar-refractivity contribution in [1.29, 1.82) is 0 Å². The number of nitrogens with zero attached hydrogens (tertiary/aromatic N) is 3. The molecule has 2 heterocycles. The second-order valence-electron chi connectivity index (χ2n) is 7.07. The van der Waals surface area contributed by atoms with Crippen molar-refractivity contribution in [1.82, 2.24) is 14.7 Å². The van der Waals surface area contributed by atoms with Crippen LogP contribution in [0.5, 0.6) is 5.88 Å². The van der Waals surface area contributed by atoms with Gasteiger partial charge in [-0.25, -0.2) is 4.79 Å². The molecule has 0 atom stereocenters. The molecule has 0 unspecified atom stereocenters. The Morgan fingerprint density at radius 2 is 1.93 bits per heavy atom. The summed E-state index contributed by atoms with van der Waals surface area (Å²) in [6, 6.07) is 15.5. The molecular formula is C22H25N3O3. The molecule has 0 radical (unpaired) electrons. The highest BCUT2D eigenvalue weighted by atomic mass is 16.5. The van der Waals surface area contributed by atoms with E-state index < -0.39 is 0 Å². The van der Waals surface area contributed by atoms with Crippen molar-refractivity contribution in [2.24, 2.45) is 0 Å². The average molecular weight is 379 g/mol. The summed E-state index contributed by atoms with van der Waals surface area (Å²) in [5.74, 6) is 0.331. The quantitative estimate of drug-likeness (QED) is 0.589. The van der Waals surface area contributed by atoms with Gasteiger partial charge in [0.25, 0.3) is 0 Å². The van der Waals surface area contributed by atoms with Crippen LogP contribution in [0, 0.1) is 0 Å². The molecule has 0 N–H and O–H groups in total. The van der Waals surface area contributed by atoms with E-state index >= 15 is 0 Å². The molecular weight excluding hydrogens is 354 g/mol. The molecule has 4 rings (SSSR count). The van der Waals surface area contributed by atoms with Crippen molar-refractivity contribution >= 4 is 16.9 Å². The maximum atomic E-state index is 11.8. The van der Waals surface area contributed by atoms with Crippen LogP contribution in [0.3, 0.4) is 0 Å². The minimum atomic E-state index is -0.335. The van der Waals surface area contributed by atoms with E-state index in [9.17, 15) is 4.79 Å². The molecule has 28 heavy (non-hydrogen) atoms. The molecule has 1 aliphatic heterocycles. The number of benzene rings is 2. The van der Waals surface area contributed by atoms with Crippen LogP contribution in [0.15, 0.2) is 48.5 Å². The Morgan fingerprint density at radius 3 is 2.75 bits per heavy atom. The Morgan fingerprint density at radius 1 is 1.11 bits per heavy atom. The molecule has 3 aromatic rings. The van der Waals surface area contributed by atoms with Gasteiger partial charge in [0, 0.05) is 6.54 Å². The van der Waals surface area contributed by atoms with Crippen molar-refractivity contribution in [3.05, 3.63) is 59.7 Å². The molecule has 0 aliphatic carbocycles. The van der Waals surface area contributed by atoms with E-state index in [1.807, 2.05) is 47.1 Å². The number of hydrogen-bond donors (Lipinski definition) is 0. The van der Waals surface area contributed by atoms with Gasteiger partial charge in [-0.15, -0.1) is 5.10 Å². The van der Waals surface area contributed by atoms with Crippen molar-refractivity contribution in [2.45, 2.75) is 19.4 Å². The van der Waals surface area contributed by atoms with Crippen molar-refractivity contribution < 1.29 is 14.3 Å². The zero-order valence-corrected chi connectivity index (χ0v) is 16.1. The molecule has 2 aromatic carbocycles. The predicted octanol–water partition coefficient (Wildman–Crippen LogP) is 3.35. The molecule has 1 aromatic heterocycles. The first-order valence-corrected chi connectivity index (χ1v) is 9.72. The number of carbonyl (C=O) groups is 1. The van der Waals surface area contributed by atoms with E-state index in [0.29, 0.717) is 24.6 Å². The minimum absolute atomic E-state index is 0.335. The Balaban J connectivity index is 1.53. The third kappa shape index (κ3) is 4.02. The van der Waals surface area contributed by atoms with Gasteiger partial charge in [-0.3, -0.25) is 9.58 Å². The first-order valence-electron chi connectivity index (χ1n) is 9.72. The van der Waals surface area contributed by atoms with E-state index in [-0.39, 0.29) is 5.97 Å². The Labute approximate surface area is 164 Å². The molecule has 0 spiro atoms. The number of methoxy groups -OCH3 is 1. The number of esters is 1. The van der Waals surface area contributed by atoms with Gasteiger partial charge in [0.05, 0.1) is 30.1 Å². The van der Waals surface area contributed by atoms with Gasteiger partial charge in [0.2, 0.25) is 5.88 Å². The highest BCUT2D eigenvalue weighted by Gasteiger charge is 2.15. The highest BCUT2D eigenvalue weighted by Crippen LogP contribution is 2.25. The first-order chi connectivity index (χ1) is 13.7. The molecule has 6 heteroatoms. The monoisotopic (exact) mass is 379 g/mol. The van der Waals surface area contributed by atoms with E-state index in [4.69, 9.17) is 14.6 Å². The number of ether oxygens (including phenoxy) is 2. The zero-order valence-electron chi connectivity index (χ0n) is 16.1. The number of rotatable bonds is 7. The topological polar surface area (TPSA) is 56.6 Å². The normalized spacial score (nSPS) is 14.5. The smallest absolute Gasteiger partial charge is 0.337 e. The highest BCUT2D eigenvalue weighted by molar-refractivity contribution is 5.89. The molecule has 6 nitrogen and oxygen atoms in total. The van der Waals surface area contributed by atoms with Crippen LogP contribution in [0.1, 0.15) is 28.8 Å². The fourth-order valence-corrected chi connectivity index (χ4v) is 3.69. The standard InChI is InChI=1S/C22H25N3O3/c1-27-22(26)18-8-6-7-17(15-18)16-25-20-10-3-2-9-19(20)21(23-25)28-14-13-24-11-4-5-12-24/h2-3,6-10,15H,4-5,11-14,16H2,1H3.